The van der Waals surface area contributed by atoms with Crippen molar-refractivity contribution in [2.45, 2.75) is 26.3 Å². The Kier molecular flexibility index (Phi) is 4.73. The van der Waals surface area contributed by atoms with Crippen molar-refractivity contribution in [2.24, 2.45) is 0 Å². The number of carbonyl (C=O) groups excluding carboxylic acids is 1. The second-order valence-electron chi connectivity index (χ2n) is 4.75. The maximum atomic E-state index is 12.3. The number of morpholine rings is 1. The van der Waals surface area contributed by atoms with Crippen LogP contribution >= 0.6 is 0 Å². The van der Waals surface area contributed by atoms with E-state index >= 15 is 0 Å². The highest BCUT2D eigenvalue weighted by atomic mass is 16.5. The summed E-state index contributed by atoms with van der Waals surface area (Å²) in [4.78, 5) is 22.5. The standard InChI is InChI=1S/C13H21N5O2/c1-3-11-16-10(14)8-12(17-11)15-9(2)13(19)18-4-6-20-7-5-18/h8-9H,3-7H2,1-2H3,(H3,14,15,16,17). The Morgan fingerprint density at radius 2 is 2.20 bits per heavy atom. The molecule has 7 nitrogen and oxygen atoms in total. The summed E-state index contributed by atoms with van der Waals surface area (Å²) in [6.45, 7) is 6.24. The van der Waals surface area contributed by atoms with Gasteiger partial charge in [0.05, 0.1) is 13.2 Å². The van der Waals surface area contributed by atoms with Gasteiger partial charge in [-0.25, -0.2) is 9.97 Å². The molecule has 110 valence electrons. The average molecular weight is 279 g/mol. The Hall–Kier alpha value is -1.89. The van der Waals surface area contributed by atoms with Crippen molar-refractivity contribution in [2.75, 3.05) is 37.4 Å². The molecule has 1 atom stereocenters. The molecule has 7 heteroatoms. The molecule has 1 aliphatic rings. The predicted octanol–water partition coefficient (Wildman–Crippen LogP) is 0.280. The Balaban J connectivity index is 2.01. The monoisotopic (exact) mass is 279 g/mol. The number of aryl methyl sites for hydroxylation is 1. The Bertz CT molecular complexity index is 474. The van der Waals surface area contributed by atoms with Gasteiger partial charge in [-0.15, -0.1) is 0 Å². The second kappa shape index (κ2) is 6.51. The van der Waals surface area contributed by atoms with Crippen LogP contribution in [0.15, 0.2) is 6.07 Å². The Morgan fingerprint density at radius 3 is 2.85 bits per heavy atom. The topological polar surface area (TPSA) is 93.4 Å². The smallest absolute Gasteiger partial charge is 0.244 e. The summed E-state index contributed by atoms with van der Waals surface area (Å²) in [6, 6.07) is 1.29. The minimum atomic E-state index is -0.355. The summed E-state index contributed by atoms with van der Waals surface area (Å²) in [5.41, 5.74) is 5.73. The largest absolute Gasteiger partial charge is 0.384 e. The maximum absolute atomic E-state index is 12.3. The summed E-state index contributed by atoms with van der Waals surface area (Å²) in [7, 11) is 0. The van der Waals surface area contributed by atoms with Crippen LogP contribution in [0.3, 0.4) is 0 Å². The van der Waals surface area contributed by atoms with Gasteiger partial charge in [0.15, 0.2) is 0 Å². The van der Waals surface area contributed by atoms with E-state index in [1.165, 1.54) is 0 Å². The summed E-state index contributed by atoms with van der Waals surface area (Å²) in [6.07, 6.45) is 0.700. The number of nitrogen functional groups attached to an aromatic ring is 1. The molecule has 1 amide bonds. The Morgan fingerprint density at radius 1 is 1.50 bits per heavy atom. The van der Waals surface area contributed by atoms with Gasteiger partial charge in [0.2, 0.25) is 5.91 Å². The number of amides is 1. The molecule has 2 rings (SSSR count). The number of nitrogens with one attached hydrogen (secondary N) is 1. The van der Waals surface area contributed by atoms with Crippen molar-refractivity contribution in [3.8, 4) is 0 Å². The molecule has 1 fully saturated rings. The van der Waals surface area contributed by atoms with Crippen molar-refractivity contribution in [3.63, 3.8) is 0 Å². The summed E-state index contributed by atoms with van der Waals surface area (Å²) in [5.74, 6) is 1.70. The SMILES string of the molecule is CCc1nc(N)cc(NC(C)C(=O)N2CCOCC2)n1. The zero-order valence-electron chi connectivity index (χ0n) is 11.9. The van der Waals surface area contributed by atoms with Crippen LogP contribution in [0.2, 0.25) is 0 Å². The second-order valence-corrected chi connectivity index (χ2v) is 4.75. The van der Waals surface area contributed by atoms with Crippen LogP contribution in [0, 0.1) is 0 Å². The molecule has 20 heavy (non-hydrogen) atoms. The van der Waals surface area contributed by atoms with Gasteiger partial charge in [0.25, 0.3) is 0 Å². The van der Waals surface area contributed by atoms with E-state index in [0.717, 1.165) is 0 Å². The molecule has 1 aromatic rings. The molecule has 0 aliphatic carbocycles. The van der Waals surface area contributed by atoms with Gasteiger partial charge >= 0.3 is 0 Å². The number of anilines is 2. The van der Waals surface area contributed by atoms with Gasteiger partial charge in [0.1, 0.15) is 23.5 Å². The summed E-state index contributed by atoms with van der Waals surface area (Å²) < 4.78 is 5.24. The fourth-order valence-electron chi connectivity index (χ4n) is 2.09. The van der Waals surface area contributed by atoms with Gasteiger partial charge in [0, 0.05) is 25.6 Å². The first-order valence-electron chi connectivity index (χ1n) is 6.86. The first kappa shape index (κ1) is 14.5. The van der Waals surface area contributed by atoms with E-state index in [0.29, 0.717) is 50.2 Å². The fourth-order valence-corrected chi connectivity index (χ4v) is 2.09. The third kappa shape index (κ3) is 3.57. The minimum Gasteiger partial charge on any atom is -0.384 e. The molecule has 1 aromatic heterocycles. The molecule has 1 saturated heterocycles. The number of nitrogens with two attached hydrogens (primary N) is 1. The van der Waals surface area contributed by atoms with Crippen molar-refractivity contribution >= 4 is 17.5 Å². The van der Waals surface area contributed by atoms with E-state index in [1.807, 2.05) is 13.8 Å². The summed E-state index contributed by atoms with van der Waals surface area (Å²) >= 11 is 0. The molecule has 0 bridgehead atoms. The van der Waals surface area contributed by atoms with Crippen molar-refractivity contribution in [1.82, 2.24) is 14.9 Å². The van der Waals surface area contributed by atoms with E-state index in [4.69, 9.17) is 10.5 Å². The zero-order chi connectivity index (χ0) is 14.5. The molecule has 0 saturated carbocycles. The van der Waals surface area contributed by atoms with E-state index in [-0.39, 0.29) is 11.9 Å². The molecule has 1 unspecified atom stereocenters. The third-order valence-corrected chi connectivity index (χ3v) is 3.17. The number of rotatable bonds is 4. The highest BCUT2D eigenvalue weighted by Crippen LogP contribution is 2.11. The fraction of sp³-hybridized carbons (Fsp3) is 0.615. The van der Waals surface area contributed by atoms with Gasteiger partial charge < -0.3 is 20.7 Å². The Labute approximate surface area is 118 Å². The van der Waals surface area contributed by atoms with Crippen molar-refractivity contribution in [1.29, 1.82) is 0 Å². The van der Waals surface area contributed by atoms with Crippen LogP contribution < -0.4 is 11.1 Å². The molecule has 3 N–H and O–H groups in total. The molecule has 2 heterocycles. The lowest BCUT2D eigenvalue weighted by molar-refractivity contribution is -0.135. The van der Waals surface area contributed by atoms with Gasteiger partial charge in [-0.3, -0.25) is 4.79 Å². The highest BCUT2D eigenvalue weighted by molar-refractivity contribution is 5.84. The van der Waals surface area contributed by atoms with E-state index in [2.05, 4.69) is 15.3 Å². The van der Waals surface area contributed by atoms with Gasteiger partial charge in [-0.1, -0.05) is 6.92 Å². The van der Waals surface area contributed by atoms with Gasteiger partial charge in [-0.2, -0.15) is 0 Å². The number of aromatic nitrogens is 2. The molecule has 0 spiro atoms. The first-order chi connectivity index (χ1) is 9.60. The van der Waals surface area contributed by atoms with Crippen LogP contribution in [-0.4, -0.2) is 53.1 Å². The predicted molar refractivity (Wildman–Crippen MR) is 76.3 cm³/mol. The lowest BCUT2D eigenvalue weighted by Crippen LogP contribution is -2.47. The first-order valence-corrected chi connectivity index (χ1v) is 6.86. The highest BCUT2D eigenvalue weighted by Gasteiger charge is 2.22. The molecule has 0 radical (unpaired) electrons. The maximum Gasteiger partial charge on any atom is 0.244 e. The number of nitrogens with zero attached hydrogens (tertiary/aromatic N) is 3. The molecular formula is C13H21N5O2. The lowest BCUT2D eigenvalue weighted by atomic mass is 10.2. The van der Waals surface area contributed by atoms with Crippen LogP contribution in [0.4, 0.5) is 11.6 Å². The van der Waals surface area contributed by atoms with E-state index < -0.39 is 0 Å². The van der Waals surface area contributed by atoms with Crippen LogP contribution in [0.25, 0.3) is 0 Å². The average Bonchev–Trinajstić information content (AvgIpc) is 2.46. The van der Waals surface area contributed by atoms with Crippen LogP contribution in [0.5, 0.6) is 0 Å². The van der Waals surface area contributed by atoms with E-state index in [9.17, 15) is 4.79 Å². The van der Waals surface area contributed by atoms with Crippen LogP contribution in [0.1, 0.15) is 19.7 Å². The normalized spacial score (nSPS) is 16.8. The number of ether oxygens (including phenoxy) is 1. The van der Waals surface area contributed by atoms with Gasteiger partial charge in [-0.05, 0) is 6.92 Å². The van der Waals surface area contributed by atoms with E-state index in [1.54, 1.807) is 11.0 Å². The quantitative estimate of drug-likeness (QED) is 0.822. The molecule has 1 aliphatic heterocycles. The molecular weight excluding hydrogens is 258 g/mol. The molecule has 0 aromatic carbocycles. The lowest BCUT2D eigenvalue weighted by Gasteiger charge is -2.29. The minimum absolute atomic E-state index is 0.0449. The zero-order valence-corrected chi connectivity index (χ0v) is 11.9. The third-order valence-electron chi connectivity index (χ3n) is 3.17. The number of hydrogen-bond acceptors (Lipinski definition) is 6. The number of carbonyl (C=O) groups is 1. The van der Waals surface area contributed by atoms with Crippen LogP contribution in [-0.2, 0) is 16.0 Å². The van der Waals surface area contributed by atoms with Crippen molar-refractivity contribution in [3.05, 3.63) is 11.9 Å². The summed E-state index contributed by atoms with van der Waals surface area (Å²) in [5, 5.41) is 3.09. The number of hydrogen-bond donors (Lipinski definition) is 2. The van der Waals surface area contributed by atoms with Crippen molar-refractivity contribution < 1.29 is 9.53 Å².